The molecule has 0 radical (unpaired) electrons. The molecule has 1 aromatic rings. The predicted octanol–water partition coefficient (Wildman–Crippen LogP) is 2.42. The predicted molar refractivity (Wildman–Crippen MR) is 80.9 cm³/mol. The van der Waals surface area contributed by atoms with E-state index in [1.165, 1.54) is 5.69 Å². The maximum Gasteiger partial charge on any atom is 0.184 e. The summed E-state index contributed by atoms with van der Waals surface area (Å²) in [5.41, 5.74) is 1.18. The van der Waals surface area contributed by atoms with Crippen LogP contribution in [0.2, 0.25) is 0 Å². The zero-order valence-electron chi connectivity index (χ0n) is 12.4. The molecule has 1 N–H and O–H groups in total. The molecule has 0 aromatic heterocycles. The number of benzene rings is 1. The highest BCUT2D eigenvalue weighted by Crippen LogP contribution is 2.40. The fourth-order valence-electron chi connectivity index (χ4n) is 3.04. The maximum absolute atomic E-state index is 5.86. The van der Waals surface area contributed by atoms with Crippen molar-refractivity contribution < 1.29 is 9.47 Å². The van der Waals surface area contributed by atoms with E-state index >= 15 is 0 Å². The van der Waals surface area contributed by atoms with Crippen LogP contribution >= 0.6 is 0 Å². The summed E-state index contributed by atoms with van der Waals surface area (Å²) >= 11 is 0. The Labute approximate surface area is 121 Å². The lowest BCUT2D eigenvalue weighted by molar-refractivity contribution is 0.171. The maximum atomic E-state index is 5.86. The molecule has 0 aliphatic carbocycles. The summed E-state index contributed by atoms with van der Waals surface area (Å²) in [6, 6.07) is 7.31. The number of nitrogens with one attached hydrogen (secondary N) is 1. The van der Waals surface area contributed by atoms with Crippen molar-refractivity contribution in [2.45, 2.75) is 38.8 Å². The van der Waals surface area contributed by atoms with Crippen molar-refractivity contribution in [2.24, 2.45) is 0 Å². The molecule has 2 aliphatic rings. The molecule has 4 nitrogen and oxygen atoms in total. The van der Waals surface area contributed by atoms with Crippen LogP contribution in [0.5, 0.6) is 11.5 Å². The quantitative estimate of drug-likeness (QED) is 0.919. The van der Waals surface area contributed by atoms with E-state index in [2.05, 4.69) is 36.2 Å². The number of hydrogen-bond acceptors (Lipinski definition) is 4. The van der Waals surface area contributed by atoms with Gasteiger partial charge in [0.2, 0.25) is 0 Å². The van der Waals surface area contributed by atoms with Crippen molar-refractivity contribution in [1.29, 1.82) is 0 Å². The third-order valence-electron chi connectivity index (χ3n) is 4.22. The standard InChI is InChI=1S/C16H24N2O2/c1-3-12-10-18(11-13(4-2)17-12)14-6-5-7-15-16(14)20-9-8-19-15/h5-7,12-13,17H,3-4,8-11H2,1-2H3. The highest BCUT2D eigenvalue weighted by molar-refractivity contribution is 5.65. The summed E-state index contributed by atoms with van der Waals surface area (Å²) in [4.78, 5) is 2.45. The highest BCUT2D eigenvalue weighted by atomic mass is 16.6. The van der Waals surface area contributed by atoms with Gasteiger partial charge in [0.15, 0.2) is 11.5 Å². The second kappa shape index (κ2) is 5.92. The number of para-hydroxylation sites is 1. The lowest BCUT2D eigenvalue weighted by Crippen LogP contribution is -2.56. The molecule has 2 heterocycles. The fourth-order valence-corrected chi connectivity index (χ4v) is 3.04. The van der Waals surface area contributed by atoms with Crippen LogP contribution in [0.25, 0.3) is 0 Å². The second-order valence-electron chi connectivity index (χ2n) is 5.58. The van der Waals surface area contributed by atoms with Gasteiger partial charge in [0, 0.05) is 25.2 Å². The van der Waals surface area contributed by atoms with Gasteiger partial charge in [-0.25, -0.2) is 0 Å². The normalized spacial score (nSPS) is 25.6. The molecule has 2 aliphatic heterocycles. The van der Waals surface area contributed by atoms with E-state index in [-0.39, 0.29) is 0 Å². The van der Waals surface area contributed by atoms with Gasteiger partial charge in [-0.05, 0) is 25.0 Å². The zero-order chi connectivity index (χ0) is 13.9. The third kappa shape index (κ3) is 2.57. The molecule has 0 bridgehead atoms. The number of nitrogens with zero attached hydrogens (tertiary/aromatic N) is 1. The minimum Gasteiger partial charge on any atom is -0.486 e. The average molecular weight is 276 g/mol. The molecule has 1 saturated heterocycles. The van der Waals surface area contributed by atoms with Gasteiger partial charge in [0.1, 0.15) is 13.2 Å². The molecule has 2 atom stereocenters. The Hall–Kier alpha value is -1.42. The SMILES string of the molecule is CCC1CN(c2cccc3c2OCCO3)CC(CC)N1. The van der Waals surface area contributed by atoms with Crippen molar-refractivity contribution in [3.05, 3.63) is 18.2 Å². The lowest BCUT2D eigenvalue weighted by Gasteiger charge is -2.40. The van der Waals surface area contributed by atoms with E-state index in [9.17, 15) is 0 Å². The molecule has 20 heavy (non-hydrogen) atoms. The molecule has 0 spiro atoms. The Morgan fingerprint density at radius 2 is 1.80 bits per heavy atom. The number of ether oxygens (including phenoxy) is 2. The topological polar surface area (TPSA) is 33.7 Å². The second-order valence-corrected chi connectivity index (χ2v) is 5.58. The van der Waals surface area contributed by atoms with Crippen LogP contribution in [0.1, 0.15) is 26.7 Å². The summed E-state index contributed by atoms with van der Waals surface area (Å²) < 4.78 is 11.6. The number of piperazine rings is 1. The summed E-state index contributed by atoms with van der Waals surface area (Å²) in [5, 5.41) is 3.72. The molecule has 3 rings (SSSR count). The van der Waals surface area contributed by atoms with Gasteiger partial charge >= 0.3 is 0 Å². The van der Waals surface area contributed by atoms with Gasteiger partial charge in [-0.1, -0.05) is 19.9 Å². The molecule has 4 heteroatoms. The van der Waals surface area contributed by atoms with E-state index in [1.807, 2.05) is 6.07 Å². The van der Waals surface area contributed by atoms with Crippen molar-refractivity contribution in [2.75, 3.05) is 31.2 Å². The monoisotopic (exact) mass is 276 g/mol. The molecule has 1 aromatic carbocycles. The first-order valence-corrected chi connectivity index (χ1v) is 7.71. The lowest BCUT2D eigenvalue weighted by atomic mass is 10.0. The van der Waals surface area contributed by atoms with Gasteiger partial charge < -0.3 is 19.7 Å². The molecular formula is C16H24N2O2. The summed E-state index contributed by atoms with van der Waals surface area (Å²) in [6.07, 6.45) is 2.30. The van der Waals surface area contributed by atoms with Gasteiger partial charge in [-0.15, -0.1) is 0 Å². The van der Waals surface area contributed by atoms with Crippen molar-refractivity contribution >= 4 is 5.69 Å². The minimum atomic E-state index is 0.550. The first kappa shape index (κ1) is 13.6. The van der Waals surface area contributed by atoms with Crippen LogP contribution in [0.15, 0.2) is 18.2 Å². The van der Waals surface area contributed by atoms with E-state index in [0.717, 1.165) is 37.4 Å². The van der Waals surface area contributed by atoms with Crippen LogP contribution in [-0.4, -0.2) is 38.4 Å². The van der Waals surface area contributed by atoms with Gasteiger partial charge in [0.05, 0.1) is 5.69 Å². The van der Waals surface area contributed by atoms with E-state index in [1.54, 1.807) is 0 Å². The highest BCUT2D eigenvalue weighted by Gasteiger charge is 2.28. The van der Waals surface area contributed by atoms with E-state index in [4.69, 9.17) is 9.47 Å². The Morgan fingerprint density at radius 1 is 1.10 bits per heavy atom. The molecule has 0 saturated carbocycles. The Bertz CT molecular complexity index is 452. The fraction of sp³-hybridized carbons (Fsp3) is 0.625. The number of fused-ring (bicyclic) bond motifs is 1. The average Bonchev–Trinajstić information content (AvgIpc) is 2.53. The summed E-state index contributed by atoms with van der Waals surface area (Å²) in [7, 11) is 0. The van der Waals surface area contributed by atoms with Gasteiger partial charge in [-0.2, -0.15) is 0 Å². The van der Waals surface area contributed by atoms with Gasteiger partial charge in [0.25, 0.3) is 0 Å². The molecule has 2 unspecified atom stereocenters. The van der Waals surface area contributed by atoms with Crippen molar-refractivity contribution in [1.82, 2.24) is 5.32 Å². The first-order chi connectivity index (χ1) is 9.81. The molecule has 0 amide bonds. The minimum absolute atomic E-state index is 0.550. The Kier molecular flexibility index (Phi) is 4.01. The third-order valence-corrected chi connectivity index (χ3v) is 4.22. The first-order valence-electron chi connectivity index (χ1n) is 7.71. The van der Waals surface area contributed by atoms with Crippen LogP contribution in [0, 0.1) is 0 Å². The largest absolute Gasteiger partial charge is 0.486 e. The summed E-state index contributed by atoms with van der Waals surface area (Å²) in [6.45, 7) is 7.85. The molecular weight excluding hydrogens is 252 g/mol. The van der Waals surface area contributed by atoms with Crippen LogP contribution in [0.4, 0.5) is 5.69 Å². The Morgan fingerprint density at radius 3 is 2.50 bits per heavy atom. The van der Waals surface area contributed by atoms with Crippen LogP contribution in [0.3, 0.4) is 0 Å². The Balaban J connectivity index is 1.87. The summed E-state index contributed by atoms with van der Waals surface area (Å²) in [5.74, 6) is 1.80. The smallest absolute Gasteiger partial charge is 0.184 e. The van der Waals surface area contributed by atoms with Crippen molar-refractivity contribution in [3.8, 4) is 11.5 Å². The number of rotatable bonds is 3. The van der Waals surface area contributed by atoms with E-state index < -0.39 is 0 Å². The molecule has 1 fully saturated rings. The number of hydrogen-bond donors (Lipinski definition) is 1. The van der Waals surface area contributed by atoms with Crippen molar-refractivity contribution in [3.63, 3.8) is 0 Å². The molecule has 110 valence electrons. The van der Waals surface area contributed by atoms with Crippen LogP contribution in [-0.2, 0) is 0 Å². The zero-order valence-corrected chi connectivity index (χ0v) is 12.4. The van der Waals surface area contributed by atoms with Crippen LogP contribution < -0.4 is 19.7 Å². The number of anilines is 1. The van der Waals surface area contributed by atoms with E-state index in [0.29, 0.717) is 25.3 Å². The van der Waals surface area contributed by atoms with Gasteiger partial charge in [-0.3, -0.25) is 0 Å².